The van der Waals surface area contributed by atoms with Crippen molar-refractivity contribution < 1.29 is 24.3 Å². The van der Waals surface area contributed by atoms with Gasteiger partial charge in [0.1, 0.15) is 11.9 Å². The Morgan fingerprint density at radius 2 is 2.04 bits per heavy atom. The summed E-state index contributed by atoms with van der Waals surface area (Å²) in [4.78, 5) is 23.4. The molecule has 0 heterocycles. The molecule has 7 nitrogen and oxygen atoms in total. The van der Waals surface area contributed by atoms with Crippen LogP contribution in [0.1, 0.15) is 24.8 Å². The molecular weight excluding hydrogens is 302 g/mol. The Kier molecular flexibility index (Phi) is 5.33. The average molecular weight is 321 g/mol. The number of methoxy groups -OCH3 is 1. The van der Waals surface area contributed by atoms with Gasteiger partial charge in [-0.3, -0.25) is 10.1 Å². The largest absolute Gasteiger partial charge is 0.512 e. The molecule has 0 aromatic heterocycles. The summed E-state index contributed by atoms with van der Waals surface area (Å²) in [5.74, 6) is -1.88. The van der Waals surface area contributed by atoms with E-state index in [1.807, 2.05) is 0 Å². The summed E-state index contributed by atoms with van der Waals surface area (Å²) >= 11 is 0. The fourth-order valence-electron chi connectivity index (χ4n) is 2.94. The quantitative estimate of drug-likeness (QED) is 0.507. The van der Waals surface area contributed by atoms with Gasteiger partial charge >= 0.3 is 5.97 Å². The lowest BCUT2D eigenvalue weighted by molar-refractivity contribution is -0.538. The van der Waals surface area contributed by atoms with Gasteiger partial charge in [-0.25, -0.2) is 4.79 Å². The van der Waals surface area contributed by atoms with Crippen LogP contribution in [0.5, 0.6) is 0 Å². The number of aliphatic hydroxyl groups excluding tert-OH is 1. The Labute approximate surface area is 133 Å². The van der Waals surface area contributed by atoms with Crippen molar-refractivity contribution in [2.75, 3.05) is 13.7 Å². The number of benzene rings is 1. The van der Waals surface area contributed by atoms with Crippen molar-refractivity contribution in [3.05, 3.63) is 57.3 Å². The molecule has 1 aliphatic carbocycles. The minimum Gasteiger partial charge on any atom is -0.512 e. The summed E-state index contributed by atoms with van der Waals surface area (Å²) in [5.41, 5.74) is 0.499. The van der Waals surface area contributed by atoms with Gasteiger partial charge in [-0.2, -0.15) is 0 Å². The molecule has 2 rings (SSSR count). The van der Waals surface area contributed by atoms with Crippen molar-refractivity contribution in [3.63, 3.8) is 0 Å². The van der Waals surface area contributed by atoms with E-state index in [0.29, 0.717) is 5.56 Å². The number of aliphatic hydroxyl groups is 1. The highest BCUT2D eigenvalue weighted by molar-refractivity contribution is 5.91. The van der Waals surface area contributed by atoms with E-state index in [2.05, 4.69) is 0 Å². The minimum atomic E-state index is -1.18. The van der Waals surface area contributed by atoms with E-state index in [9.17, 15) is 20.0 Å². The first-order valence-corrected chi connectivity index (χ1v) is 7.31. The summed E-state index contributed by atoms with van der Waals surface area (Å²) in [6, 6.07) is 7.41. The summed E-state index contributed by atoms with van der Waals surface area (Å²) in [6.45, 7) is 1.76. The number of nitrogens with zero attached hydrogens (tertiary/aromatic N) is 1. The zero-order chi connectivity index (χ0) is 17.0. The van der Waals surface area contributed by atoms with Gasteiger partial charge in [0.2, 0.25) is 6.04 Å². The maximum Gasteiger partial charge on any atom is 0.338 e. The predicted molar refractivity (Wildman–Crippen MR) is 81.7 cm³/mol. The van der Waals surface area contributed by atoms with E-state index in [-0.39, 0.29) is 24.4 Å². The molecule has 0 fully saturated rings. The number of ether oxygens (including phenoxy) is 2. The third kappa shape index (κ3) is 3.34. The molecule has 0 bridgehead atoms. The monoisotopic (exact) mass is 321 g/mol. The van der Waals surface area contributed by atoms with Crippen LogP contribution in [-0.2, 0) is 14.3 Å². The molecule has 0 aliphatic heterocycles. The van der Waals surface area contributed by atoms with Crippen molar-refractivity contribution in [2.45, 2.75) is 31.4 Å². The van der Waals surface area contributed by atoms with Crippen molar-refractivity contribution in [1.29, 1.82) is 0 Å². The SMILES string of the molecule is CCOC(=O)C1=C(O)C[C@@H](OC)[C@H]([N+](=O)[O-])[C@H]1c1ccccc1. The lowest BCUT2D eigenvalue weighted by Gasteiger charge is -2.32. The zero-order valence-electron chi connectivity index (χ0n) is 13.0. The molecule has 23 heavy (non-hydrogen) atoms. The standard InChI is InChI=1S/C16H19NO6/c1-3-23-16(19)14-11(18)9-12(22-2)15(17(20)21)13(14)10-7-5-4-6-8-10/h4-8,12-13,15,18H,3,9H2,1-2H3/t12-,13+,15+/m1/s1. The Balaban J connectivity index is 2.59. The zero-order valence-corrected chi connectivity index (χ0v) is 13.0. The van der Waals surface area contributed by atoms with Gasteiger partial charge in [-0.05, 0) is 12.5 Å². The molecule has 1 aliphatic rings. The van der Waals surface area contributed by atoms with Crippen molar-refractivity contribution in [1.82, 2.24) is 0 Å². The lowest BCUT2D eigenvalue weighted by Crippen LogP contribution is -2.46. The highest BCUT2D eigenvalue weighted by Gasteiger charge is 2.50. The van der Waals surface area contributed by atoms with Crippen LogP contribution in [0.25, 0.3) is 0 Å². The molecule has 0 unspecified atom stereocenters. The Bertz CT molecular complexity index is 612. The summed E-state index contributed by atoms with van der Waals surface area (Å²) in [5, 5.41) is 21.9. The summed E-state index contributed by atoms with van der Waals surface area (Å²) in [7, 11) is 1.35. The van der Waals surface area contributed by atoms with E-state index < -0.39 is 29.0 Å². The second-order valence-electron chi connectivity index (χ2n) is 5.22. The molecule has 0 saturated heterocycles. The number of nitro groups is 1. The molecule has 7 heteroatoms. The first kappa shape index (κ1) is 17.0. The summed E-state index contributed by atoms with van der Waals surface area (Å²) in [6.07, 6.45) is -0.923. The van der Waals surface area contributed by atoms with E-state index in [1.165, 1.54) is 7.11 Å². The molecule has 0 spiro atoms. The molecule has 1 aromatic rings. The van der Waals surface area contributed by atoms with Crippen LogP contribution in [0.2, 0.25) is 0 Å². The van der Waals surface area contributed by atoms with Gasteiger partial charge < -0.3 is 14.6 Å². The molecular formula is C16H19NO6. The second-order valence-corrected chi connectivity index (χ2v) is 5.22. The highest BCUT2D eigenvalue weighted by atomic mass is 16.6. The highest BCUT2D eigenvalue weighted by Crippen LogP contribution is 2.40. The second kappa shape index (κ2) is 7.23. The Hall–Kier alpha value is -2.41. The normalized spacial score (nSPS) is 24.3. The number of hydrogen-bond donors (Lipinski definition) is 1. The van der Waals surface area contributed by atoms with Crippen LogP contribution in [0.4, 0.5) is 0 Å². The Morgan fingerprint density at radius 3 is 2.57 bits per heavy atom. The van der Waals surface area contributed by atoms with Gasteiger partial charge in [0.05, 0.1) is 18.1 Å². The first-order valence-electron chi connectivity index (χ1n) is 7.31. The molecule has 1 N–H and O–H groups in total. The van der Waals surface area contributed by atoms with Crippen LogP contribution in [-0.4, -0.2) is 41.9 Å². The van der Waals surface area contributed by atoms with Gasteiger partial charge in [0.25, 0.3) is 0 Å². The number of rotatable bonds is 5. The number of carbonyl (C=O) groups excluding carboxylic acids is 1. The van der Waals surface area contributed by atoms with Gasteiger partial charge in [0.15, 0.2) is 0 Å². The summed E-state index contributed by atoms with van der Waals surface area (Å²) < 4.78 is 10.2. The van der Waals surface area contributed by atoms with Gasteiger partial charge in [0, 0.05) is 18.5 Å². The molecule has 0 amide bonds. The van der Waals surface area contributed by atoms with Crippen LogP contribution < -0.4 is 0 Å². The van der Waals surface area contributed by atoms with Crippen LogP contribution in [0.3, 0.4) is 0 Å². The Morgan fingerprint density at radius 1 is 1.39 bits per heavy atom. The lowest BCUT2D eigenvalue weighted by atomic mass is 9.76. The first-order chi connectivity index (χ1) is 11.0. The average Bonchev–Trinajstić information content (AvgIpc) is 2.54. The van der Waals surface area contributed by atoms with Gasteiger partial charge in [-0.15, -0.1) is 0 Å². The van der Waals surface area contributed by atoms with E-state index >= 15 is 0 Å². The van der Waals surface area contributed by atoms with Crippen molar-refractivity contribution in [3.8, 4) is 0 Å². The fraction of sp³-hybridized carbons (Fsp3) is 0.438. The molecule has 3 atom stereocenters. The van der Waals surface area contributed by atoms with Crippen LogP contribution in [0.15, 0.2) is 41.7 Å². The number of carbonyl (C=O) groups is 1. The van der Waals surface area contributed by atoms with E-state index in [0.717, 1.165) is 0 Å². The third-order valence-corrected chi connectivity index (χ3v) is 3.94. The minimum absolute atomic E-state index is 0.0620. The van der Waals surface area contributed by atoms with Crippen LogP contribution >= 0.6 is 0 Å². The smallest absolute Gasteiger partial charge is 0.338 e. The number of esters is 1. The molecule has 0 radical (unpaired) electrons. The molecule has 124 valence electrons. The topological polar surface area (TPSA) is 98.9 Å². The van der Waals surface area contributed by atoms with Crippen molar-refractivity contribution in [2.24, 2.45) is 0 Å². The van der Waals surface area contributed by atoms with E-state index in [4.69, 9.17) is 9.47 Å². The maximum atomic E-state index is 12.3. The number of hydrogen-bond acceptors (Lipinski definition) is 6. The van der Waals surface area contributed by atoms with Crippen LogP contribution in [0, 0.1) is 10.1 Å². The molecule has 1 aromatic carbocycles. The van der Waals surface area contributed by atoms with Crippen molar-refractivity contribution >= 4 is 5.97 Å². The van der Waals surface area contributed by atoms with Gasteiger partial charge in [-0.1, -0.05) is 30.3 Å². The molecule has 0 saturated carbocycles. The predicted octanol–water partition coefficient (Wildman–Crippen LogP) is 2.21. The maximum absolute atomic E-state index is 12.3. The fourth-order valence-corrected chi connectivity index (χ4v) is 2.94. The van der Waals surface area contributed by atoms with E-state index in [1.54, 1.807) is 37.3 Å². The third-order valence-electron chi connectivity index (χ3n) is 3.94.